The summed E-state index contributed by atoms with van der Waals surface area (Å²) in [5, 5.41) is 0. The Hall–Kier alpha value is -1.28. The first kappa shape index (κ1) is 19.1. The van der Waals surface area contributed by atoms with E-state index < -0.39 is 35.7 Å². The molecule has 0 amide bonds. The van der Waals surface area contributed by atoms with Crippen LogP contribution < -0.4 is 0 Å². The van der Waals surface area contributed by atoms with Crippen molar-refractivity contribution in [3.05, 3.63) is 48.6 Å². The van der Waals surface area contributed by atoms with E-state index in [-0.39, 0.29) is 6.10 Å². The van der Waals surface area contributed by atoms with Crippen LogP contribution in [0.1, 0.15) is 33.3 Å². The minimum atomic E-state index is -0.914. The minimum absolute atomic E-state index is 0.310. The van der Waals surface area contributed by atoms with Crippen LogP contribution in [0.3, 0.4) is 0 Å². The van der Waals surface area contributed by atoms with Gasteiger partial charge in [-0.15, -0.1) is 6.58 Å². The number of hydrogen-bond acceptors (Lipinski definition) is 6. The molecule has 0 aromatic heterocycles. The fourth-order valence-corrected chi connectivity index (χ4v) is 4.03. The summed E-state index contributed by atoms with van der Waals surface area (Å²) >= 11 is 0. The monoisotopic (exact) mass is 376 g/mol. The van der Waals surface area contributed by atoms with Gasteiger partial charge in [-0.1, -0.05) is 36.4 Å². The molecule has 0 saturated carbocycles. The zero-order valence-electron chi connectivity index (χ0n) is 16.3. The molecule has 3 aliphatic rings. The van der Waals surface area contributed by atoms with Gasteiger partial charge in [-0.3, -0.25) is 0 Å². The predicted molar refractivity (Wildman–Crippen MR) is 97.8 cm³/mol. The van der Waals surface area contributed by atoms with Crippen molar-refractivity contribution in [2.24, 2.45) is 0 Å². The van der Waals surface area contributed by atoms with Crippen molar-refractivity contribution >= 4 is 0 Å². The van der Waals surface area contributed by atoms with Gasteiger partial charge in [0.25, 0.3) is 0 Å². The third kappa shape index (κ3) is 3.46. The molecule has 5 atom stereocenters. The van der Waals surface area contributed by atoms with Gasteiger partial charge in [-0.25, -0.2) is 0 Å². The Labute approximate surface area is 160 Å². The second kappa shape index (κ2) is 6.65. The number of benzene rings is 1. The Morgan fingerprint density at radius 2 is 1.78 bits per heavy atom. The maximum Gasteiger partial charge on any atom is 0.191 e. The van der Waals surface area contributed by atoms with Crippen LogP contribution in [0.25, 0.3) is 0 Å². The Morgan fingerprint density at radius 1 is 1.04 bits per heavy atom. The van der Waals surface area contributed by atoms with Crippen LogP contribution >= 0.6 is 0 Å². The van der Waals surface area contributed by atoms with E-state index in [4.69, 9.17) is 28.4 Å². The lowest BCUT2D eigenvalue weighted by atomic mass is 9.88. The summed E-state index contributed by atoms with van der Waals surface area (Å²) in [6.07, 6.45) is 0.0171. The molecule has 6 nitrogen and oxygen atoms in total. The lowest BCUT2D eigenvalue weighted by molar-refractivity contribution is -0.248. The van der Waals surface area contributed by atoms with E-state index in [0.29, 0.717) is 13.2 Å². The summed E-state index contributed by atoms with van der Waals surface area (Å²) in [7, 11) is 0. The lowest BCUT2D eigenvalue weighted by Gasteiger charge is -2.37. The van der Waals surface area contributed by atoms with Crippen LogP contribution in [0.2, 0.25) is 0 Å². The zero-order valence-corrected chi connectivity index (χ0v) is 16.3. The summed E-state index contributed by atoms with van der Waals surface area (Å²) in [4.78, 5) is 0. The largest absolute Gasteiger partial charge is 0.360 e. The second-order valence-corrected chi connectivity index (χ2v) is 8.18. The van der Waals surface area contributed by atoms with Crippen molar-refractivity contribution in [3.63, 3.8) is 0 Å². The number of fused-ring (bicyclic) bond motifs is 1. The van der Waals surface area contributed by atoms with E-state index >= 15 is 0 Å². The molecule has 4 rings (SSSR count). The van der Waals surface area contributed by atoms with Crippen molar-refractivity contribution in [2.45, 2.75) is 76.1 Å². The maximum atomic E-state index is 6.44. The normalized spacial score (nSPS) is 39.4. The number of ether oxygens (including phenoxy) is 6. The van der Waals surface area contributed by atoms with Crippen molar-refractivity contribution in [1.82, 2.24) is 0 Å². The summed E-state index contributed by atoms with van der Waals surface area (Å²) in [5.74, 6) is -1.42. The van der Waals surface area contributed by atoms with Crippen molar-refractivity contribution in [2.75, 3.05) is 6.61 Å². The van der Waals surface area contributed by atoms with E-state index in [0.717, 1.165) is 5.56 Å². The van der Waals surface area contributed by atoms with Crippen LogP contribution in [-0.4, -0.2) is 48.4 Å². The van der Waals surface area contributed by atoms with E-state index in [9.17, 15) is 0 Å². The van der Waals surface area contributed by atoms with Crippen molar-refractivity contribution in [3.8, 4) is 0 Å². The van der Waals surface area contributed by atoms with Crippen LogP contribution in [0.15, 0.2) is 43.0 Å². The van der Waals surface area contributed by atoms with Gasteiger partial charge in [0.1, 0.15) is 23.9 Å². The van der Waals surface area contributed by atoms with Gasteiger partial charge in [0.2, 0.25) is 0 Å². The Kier molecular flexibility index (Phi) is 4.70. The quantitative estimate of drug-likeness (QED) is 0.736. The molecule has 0 N–H and O–H groups in total. The van der Waals surface area contributed by atoms with E-state index in [1.807, 2.05) is 58.0 Å². The van der Waals surface area contributed by atoms with Crippen LogP contribution in [-0.2, 0) is 35.0 Å². The maximum absolute atomic E-state index is 6.44. The SMILES string of the molecule is C=C[C@]1(OCc2ccccc2)[C@@H]([C@H]2COC(C)(C)O2)O[C@@H]2OC(C)(C)O[C@@H]21. The third-order valence-corrected chi connectivity index (χ3v) is 5.25. The fourth-order valence-electron chi connectivity index (χ4n) is 4.03. The molecule has 3 saturated heterocycles. The van der Waals surface area contributed by atoms with Gasteiger partial charge in [0.05, 0.1) is 13.2 Å². The first-order valence-electron chi connectivity index (χ1n) is 9.39. The molecule has 0 radical (unpaired) electrons. The molecule has 1 aromatic carbocycles. The van der Waals surface area contributed by atoms with Crippen molar-refractivity contribution < 1.29 is 28.4 Å². The fraction of sp³-hybridized carbons (Fsp3) is 0.619. The predicted octanol–water partition coefficient (Wildman–Crippen LogP) is 3.16. The molecule has 0 bridgehead atoms. The topological polar surface area (TPSA) is 55.4 Å². The molecular weight excluding hydrogens is 348 g/mol. The highest BCUT2D eigenvalue weighted by atomic mass is 16.9. The van der Waals surface area contributed by atoms with Crippen LogP contribution in [0, 0.1) is 0 Å². The number of rotatable bonds is 5. The minimum Gasteiger partial charge on any atom is -0.360 e. The first-order chi connectivity index (χ1) is 12.7. The average molecular weight is 376 g/mol. The average Bonchev–Trinajstić information content (AvgIpc) is 3.22. The van der Waals surface area contributed by atoms with Crippen LogP contribution in [0.4, 0.5) is 0 Å². The van der Waals surface area contributed by atoms with Gasteiger partial charge in [-0.05, 0) is 33.3 Å². The van der Waals surface area contributed by atoms with E-state index in [1.165, 1.54) is 0 Å². The van der Waals surface area contributed by atoms with Gasteiger partial charge < -0.3 is 28.4 Å². The Morgan fingerprint density at radius 3 is 2.41 bits per heavy atom. The molecule has 148 valence electrons. The standard InChI is InChI=1S/C21H28O6/c1-6-21(23-12-14-10-8-7-9-11-14)16(15-13-22-19(2,3)25-15)24-18-17(21)26-20(4,5)27-18/h6-11,15-18H,1,12-13H2,2-5H3/t15-,16-,17+,18-,21+/m1/s1. The molecule has 27 heavy (non-hydrogen) atoms. The molecule has 0 unspecified atom stereocenters. The molecule has 0 aliphatic carbocycles. The molecular formula is C21H28O6. The smallest absolute Gasteiger partial charge is 0.191 e. The lowest BCUT2D eigenvalue weighted by Crippen LogP contribution is -2.54. The summed E-state index contributed by atoms with van der Waals surface area (Å²) in [5.41, 5.74) is 0.144. The highest BCUT2D eigenvalue weighted by molar-refractivity contribution is 5.19. The number of hydrogen-bond donors (Lipinski definition) is 0. The molecule has 3 heterocycles. The van der Waals surface area contributed by atoms with Gasteiger partial charge in [0.15, 0.2) is 17.9 Å². The van der Waals surface area contributed by atoms with Gasteiger partial charge in [-0.2, -0.15) is 0 Å². The van der Waals surface area contributed by atoms with Crippen LogP contribution in [0.5, 0.6) is 0 Å². The molecule has 0 spiro atoms. The molecule has 6 heteroatoms. The third-order valence-electron chi connectivity index (χ3n) is 5.25. The summed E-state index contributed by atoms with van der Waals surface area (Å²) < 4.78 is 36.6. The van der Waals surface area contributed by atoms with Gasteiger partial charge >= 0.3 is 0 Å². The second-order valence-electron chi connectivity index (χ2n) is 8.18. The van der Waals surface area contributed by atoms with E-state index in [1.54, 1.807) is 6.08 Å². The summed E-state index contributed by atoms with van der Waals surface area (Å²) in [6, 6.07) is 9.99. The molecule has 3 fully saturated rings. The molecule has 3 aliphatic heterocycles. The summed E-state index contributed by atoms with van der Waals surface area (Å²) in [6.45, 7) is 12.4. The van der Waals surface area contributed by atoms with Gasteiger partial charge in [0, 0.05) is 0 Å². The first-order valence-corrected chi connectivity index (χ1v) is 9.39. The zero-order chi connectivity index (χ0) is 19.3. The Balaban J connectivity index is 1.62. The van der Waals surface area contributed by atoms with Crippen molar-refractivity contribution in [1.29, 1.82) is 0 Å². The molecule has 1 aromatic rings. The highest BCUT2D eigenvalue weighted by Gasteiger charge is 2.66. The highest BCUT2D eigenvalue weighted by Crippen LogP contribution is 2.48. The Bertz CT molecular complexity index is 687. The van der Waals surface area contributed by atoms with E-state index in [2.05, 4.69) is 6.58 Å².